The van der Waals surface area contributed by atoms with Crippen molar-refractivity contribution in [2.75, 3.05) is 6.54 Å². The molecule has 2 rings (SSSR count). The molecular formula is C13H21N3O2. The van der Waals surface area contributed by atoms with E-state index in [1.807, 2.05) is 24.8 Å². The van der Waals surface area contributed by atoms with Crippen molar-refractivity contribution < 1.29 is 9.32 Å². The monoisotopic (exact) mass is 251 g/mol. The van der Waals surface area contributed by atoms with Crippen LogP contribution in [0.2, 0.25) is 0 Å². The first-order valence-corrected chi connectivity index (χ1v) is 6.62. The zero-order valence-electron chi connectivity index (χ0n) is 11.3. The molecule has 1 N–H and O–H groups in total. The van der Waals surface area contributed by atoms with Gasteiger partial charge in [-0.2, -0.15) is 0 Å². The summed E-state index contributed by atoms with van der Waals surface area (Å²) in [7, 11) is 0. The Bertz CT molecular complexity index is 416. The van der Waals surface area contributed by atoms with E-state index >= 15 is 0 Å². The Morgan fingerprint density at radius 2 is 2.50 bits per heavy atom. The van der Waals surface area contributed by atoms with Gasteiger partial charge in [0.1, 0.15) is 11.5 Å². The second-order valence-corrected chi connectivity index (χ2v) is 4.97. The smallest absolute Gasteiger partial charge is 0.318 e. The topological polar surface area (TPSA) is 58.4 Å². The Morgan fingerprint density at radius 3 is 3.11 bits per heavy atom. The van der Waals surface area contributed by atoms with Crippen molar-refractivity contribution in [2.45, 2.75) is 52.1 Å². The SMILES string of the molecule is CCC(C)NC(=O)N1CCCC1c1cc(C)on1. The minimum atomic E-state index is 0.00695. The zero-order chi connectivity index (χ0) is 13.1. The summed E-state index contributed by atoms with van der Waals surface area (Å²) in [6.45, 7) is 6.74. The van der Waals surface area contributed by atoms with Gasteiger partial charge in [0.2, 0.25) is 0 Å². The molecule has 0 bridgehead atoms. The predicted molar refractivity (Wildman–Crippen MR) is 68.2 cm³/mol. The number of carbonyl (C=O) groups excluding carboxylic acids is 1. The lowest BCUT2D eigenvalue weighted by molar-refractivity contribution is 0.187. The van der Waals surface area contributed by atoms with Gasteiger partial charge in [0.05, 0.1) is 6.04 Å². The van der Waals surface area contributed by atoms with Crippen molar-refractivity contribution in [1.82, 2.24) is 15.4 Å². The predicted octanol–water partition coefficient (Wildman–Crippen LogP) is 2.63. The number of hydrogen-bond donors (Lipinski definition) is 1. The van der Waals surface area contributed by atoms with Crippen molar-refractivity contribution in [3.8, 4) is 0 Å². The summed E-state index contributed by atoms with van der Waals surface area (Å²) >= 11 is 0. The number of nitrogens with zero attached hydrogens (tertiary/aromatic N) is 2. The molecule has 100 valence electrons. The molecule has 2 amide bonds. The van der Waals surface area contributed by atoms with Crippen LogP contribution < -0.4 is 5.32 Å². The normalized spacial score (nSPS) is 21.1. The van der Waals surface area contributed by atoms with Gasteiger partial charge in [-0.1, -0.05) is 12.1 Å². The summed E-state index contributed by atoms with van der Waals surface area (Å²) < 4.78 is 5.10. The lowest BCUT2D eigenvalue weighted by atomic mass is 10.1. The third-order valence-corrected chi connectivity index (χ3v) is 3.48. The second-order valence-electron chi connectivity index (χ2n) is 4.97. The van der Waals surface area contributed by atoms with Gasteiger partial charge in [0, 0.05) is 18.7 Å². The molecule has 0 aromatic carbocycles. The van der Waals surface area contributed by atoms with Crippen molar-refractivity contribution in [3.05, 3.63) is 17.5 Å². The first kappa shape index (κ1) is 12.9. The highest BCUT2D eigenvalue weighted by atomic mass is 16.5. The van der Waals surface area contributed by atoms with E-state index in [9.17, 15) is 4.79 Å². The van der Waals surface area contributed by atoms with Gasteiger partial charge in [-0.25, -0.2) is 4.79 Å². The summed E-state index contributed by atoms with van der Waals surface area (Å²) in [4.78, 5) is 14.0. The number of aromatic nitrogens is 1. The molecule has 0 aliphatic carbocycles. The van der Waals surface area contributed by atoms with E-state index in [-0.39, 0.29) is 18.1 Å². The molecule has 2 atom stereocenters. The quantitative estimate of drug-likeness (QED) is 0.898. The number of rotatable bonds is 3. The van der Waals surface area contributed by atoms with Crippen LogP contribution in [-0.4, -0.2) is 28.7 Å². The van der Waals surface area contributed by atoms with Gasteiger partial charge >= 0.3 is 6.03 Å². The van der Waals surface area contributed by atoms with Gasteiger partial charge < -0.3 is 14.7 Å². The average molecular weight is 251 g/mol. The van der Waals surface area contributed by atoms with Crippen LogP contribution in [0, 0.1) is 6.92 Å². The fourth-order valence-electron chi connectivity index (χ4n) is 2.26. The number of amides is 2. The summed E-state index contributed by atoms with van der Waals surface area (Å²) in [5.41, 5.74) is 0.865. The first-order valence-electron chi connectivity index (χ1n) is 6.62. The number of aryl methyl sites for hydroxylation is 1. The highest BCUT2D eigenvalue weighted by Crippen LogP contribution is 2.31. The van der Waals surface area contributed by atoms with Gasteiger partial charge in [0.15, 0.2) is 0 Å². The van der Waals surface area contributed by atoms with Gasteiger partial charge in [0.25, 0.3) is 0 Å². The molecule has 18 heavy (non-hydrogen) atoms. The molecule has 1 aliphatic rings. The highest BCUT2D eigenvalue weighted by Gasteiger charge is 2.32. The van der Waals surface area contributed by atoms with Gasteiger partial charge in [-0.05, 0) is 33.1 Å². The number of nitrogens with one attached hydrogen (secondary N) is 1. The minimum absolute atomic E-state index is 0.00695. The summed E-state index contributed by atoms with van der Waals surface area (Å²) in [6, 6.07) is 2.19. The average Bonchev–Trinajstić information content (AvgIpc) is 2.96. The number of urea groups is 1. The minimum Gasteiger partial charge on any atom is -0.361 e. The molecule has 2 heterocycles. The van der Waals surface area contributed by atoms with Crippen molar-refractivity contribution in [1.29, 1.82) is 0 Å². The van der Waals surface area contributed by atoms with Crippen LogP contribution in [0.1, 0.15) is 50.6 Å². The number of carbonyl (C=O) groups is 1. The summed E-state index contributed by atoms with van der Waals surface area (Å²) in [6.07, 6.45) is 2.91. The fraction of sp³-hybridized carbons (Fsp3) is 0.692. The molecule has 0 radical (unpaired) electrons. The molecule has 1 aliphatic heterocycles. The number of hydrogen-bond acceptors (Lipinski definition) is 3. The Morgan fingerprint density at radius 1 is 1.72 bits per heavy atom. The van der Waals surface area contributed by atoms with Crippen LogP contribution in [-0.2, 0) is 0 Å². The molecule has 0 saturated carbocycles. The molecule has 1 aromatic heterocycles. The van der Waals surface area contributed by atoms with E-state index in [2.05, 4.69) is 17.4 Å². The number of likely N-dealkylation sites (tertiary alicyclic amines) is 1. The fourth-order valence-corrected chi connectivity index (χ4v) is 2.26. The highest BCUT2D eigenvalue weighted by molar-refractivity contribution is 5.75. The van der Waals surface area contributed by atoms with E-state index in [0.29, 0.717) is 0 Å². The van der Waals surface area contributed by atoms with E-state index in [1.54, 1.807) is 0 Å². The standard InChI is InChI=1S/C13H21N3O2/c1-4-9(2)14-13(17)16-7-5-6-12(16)11-8-10(3)18-15-11/h8-9,12H,4-7H2,1-3H3,(H,14,17). The van der Waals surface area contributed by atoms with Crippen LogP contribution in [0.5, 0.6) is 0 Å². The van der Waals surface area contributed by atoms with Crippen LogP contribution in [0.25, 0.3) is 0 Å². The van der Waals surface area contributed by atoms with Crippen LogP contribution >= 0.6 is 0 Å². The van der Waals surface area contributed by atoms with Crippen molar-refractivity contribution >= 4 is 6.03 Å². The zero-order valence-corrected chi connectivity index (χ0v) is 11.3. The van der Waals surface area contributed by atoms with Crippen molar-refractivity contribution in [3.63, 3.8) is 0 Å². The summed E-state index contributed by atoms with van der Waals surface area (Å²) in [5, 5.41) is 7.04. The van der Waals surface area contributed by atoms with Gasteiger partial charge in [-0.3, -0.25) is 0 Å². The van der Waals surface area contributed by atoms with Gasteiger partial charge in [-0.15, -0.1) is 0 Å². The lowest BCUT2D eigenvalue weighted by Crippen LogP contribution is -2.43. The van der Waals surface area contributed by atoms with E-state index in [0.717, 1.165) is 37.3 Å². The Balaban J connectivity index is 2.05. The molecule has 1 saturated heterocycles. The van der Waals surface area contributed by atoms with E-state index < -0.39 is 0 Å². The summed E-state index contributed by atoms with van der Waals surface area (Å²) in [5.74, 6) is 0.791. The largest absolute Gasteiger partial charge is 0.361 e. The van der Waals surface area contributed by atoms with Crippen LogP contribution in [0.4, 0.5) is 4.79 Å². The molecule has 5 nitrogen and oxygen atoms in total. The molecule has 1 fully saturated rings. The molecular weight excluding hydrogens is 230 g/mol. The molecule has 1 aromatic rings. The first-order chi connectivity index (χ1) is 8.61. The van der Waals surface area contributed by atoms with Crippen LogP contribution in [0.3, 0.4) is 0 Å². The second kappa shape index (κ2) is 5.42. The molecule has 5 heteroatoms. The maximum atomic E-state index is 12.2. The third-order valence-electron chi connectivity index (χ3n) is 3.48. The Hall–Kier alpha value is -1.52. The maximum Gasteiger partial charge on any atom is 0.318 e. The van der Waals surface area contributed by atoms with Crippen LogP contribution in [0.15, 0.2) is 10.6 Å². The maximum absolute atomic E-state index is 12.2. The van der Waals surface area contributed by atoms with Crippen molar-refractivity contribution in [2.24, 2.45) is 0 Å². The molecule has 2 unspecified atom stereocenters. The molecule has 0 spiro atoms. The Labute approximate surface area is 108 Å². The lowest BCUT2D eigenvalue weighted by Gasteiger charge is -2.25. The van der Waals surface area contributed by atoms with E-state index in [4.69, 9.17) is 4.52 Å². The van der Waals surface area contributed by atoms with E-state index in [1.165, 1.54) is 0 Å². The Kier molecular flexibility index (Phi) is 3.89. The third kappa shape index (κ3) is 2.66.